The highest BCUT2D eigenvalue weighted by molar-refractivity contribution is 9.10. The lowest BCUT2D eigenvalue weighted by atomic mass is 9.87. The van der Waals surface area contributed by atoms with Crippen molar-refractivity contribution in [1.29, 1.82) is 0 Å². The maximum atomic E-state index is 5.43. The van der Waals surface area contributed by atoms with E-state index in [4.69, 9.17) is 4.42 Å². The van der Waals surface area contributed by atoms with Crippen LogP contribution in [0.25, 0.3) is 0 Å². The molecule has 0 spiro atoms. The average Bonchev–Trinajstić information content (AvgIpc) is 2.49. The summed E-state index contributed by atoms with van der Waals surface area (Å²) < 4.78 is 6.46. The predicted molar refractivity (Wildman–Crippen MR) is 66.9 cm³/mol. The fraction of sp³-hybridized carbons (Fsp3) is 0.667. The molecule has 0 bridgehead atoms. The van der Waals surface area contributed by atoms with Gasteiger partial charge in [-0.05, 0) is 41.3 Å². The van der Waals surface area contributed by atoms with E-state index in [1.807, 2.05) is 6.07 Å². The Bertz CT molecular complexity index is 314. The van der Waals surface area contributed by atoms with E-state index in [0.29, 0.717) is 6.04 Å². The Morgan fingerprint density at radius 3 is 2.33 bits per heavy atom. The van der Waals surface area contributed by atoms with Gasteiger partial charge in [0.1, 0.15) is 5.76 Å². The summed E-state index contributed by atoms with van der Waals surface area (Å²) >= 11 is 3.47. The molecule has 2 unspecified atom stereocenters. The molecule has 86 valence electrons. The molecular weight excluding hydrogens is 254 g/mol. The first-order valence-electron chi connectivity index (χ1n) is 5.31. The third-order valence-electron chi connectivity index (χ3n) is 2.84. The second-order valence-corrected chi connectivity index (χ2v) is 5.96. The van der Waals surface area contributed by atoms with Gasteiger partial charge in [0, 0.05) is 6.04 Å². The summed E-state index contributed by atoms with van der Waals surface area (Å²) in [6.07, 6.45) is 1.71. The number of rotatable bonds is 3. The van der Waals surface area contributed by atoms with E-state index in [1.165, 1.54) is 0 Å². The summed E-state index contributed by atoms with van der Waals surface area (Å²) in [5.74, 6) is 0.964. The Labute approximate surface area is 101 Å². The number of furan rings is 1. The minimum Gasteiger partial charge on any atom is -0.466 e. The maximum Gasteiger partial charge on any atom is 0.134 e. The van der Waals surface area contributed by atoms with E-state index < -0.39 is 0 Å². The van der Waals surface area contributed by atoms with Gasteiger partial charge in [0.25, 0.3) is 0 Å². The highest BCUT2D eigenvalue weighted by Crippen LogP contribution is 2.27. The minimum atomic E-state index is 0.226. The number of halogens is 1. The van der Waals surface area contributed by atoms with Crippen LogP contribution in [0.4, 0.5) is 0 Å². The van der Waals surface area contributed by atoms with Crippen LogP contribution in [0.3, 0.4) is 0 Å². The van der Waals surface area contributed by atoms with Gasteiger partial charge in [0.15, 0.2) is 0 Å². The molecule has 0 aliphatic heterocycles. The lowest BCUT2D eigenvalue weighted by Crippen LogP contribution is -2.39. The predicted octanol–water partition coefficient (Wildman–Crippen LogP) is 4.13. The average molecular weight is 274 g/mol. The fourth-order valence-electron chi connectivity index (χ4n) is 1.32. The Kier molecular flexibility index (Phi) is 4.01. The molecule has 1 heterocycles. The molecule has 0 aromatic carbocycles. The summed E-state index contributed by atoms with van der Waals surface area (Å²) in [5, 5.41) is 3.54. The molecule has 0 saturated carbocycles. The highest BCUT2D eigenvalue weighted by atomic mass is 79.9. The molecule has 0 fully saturated rings. The van der Waals surface area contributed by atoms with Crippen molar-refractivity contribution in [3.8, 4) is 0 Å². The summed E-state index contributed by atoms with van der Waals surface area (Å²) in [6.45, 7) is 11.0. The minimum absolute atomic E-state index is 0.226. The zero-order valence-corrected chi connectivity index (χ0v) is 11.7. The Balaban J connectivity index is 2.64. The van der Waals surface area contributed by atoms with E-state index >= 15 is 0 Å². The molecule has 0 aliphatic carbocycles. The van der Waals surface area contributed by atoms with Gasteiger partial charge in [-0.3, -0.25) is 0 Å². The number of hydrogen-bond acceptors (Lipinski definition) is 2. The molecule has 1 aromatic heterocycles. The van der Waals surface area contributed by atoms with Crippen molar-refractivity contribution in [3.63, 3.8) is 0 Å². The van der Waals surface area contributed by atoms with Crippen LogP contribution in [0.2, 0.25) is 0 Å². The van der Waals surface area contributed by atoms with Gasteiger partial charge in [-0.15, -0.1) is 0 Å². The SMILES string of the molecule is CC(NC(C)C(C)(C)C)c1occc1Br. The van der Waals surface area contributed by atoms with E-state index in [9.17, 15) is 0 Å². The van der Waals surface area contributed by atoms with Gasteiger partial charge in [-0.25, -0.2) is 0 Å². The van der Waals surface area contributed by atoms with Crippen LogP contribution in [0.15, 0.2) is 21.2 Å². The van der Waals surface area contributed by atoms with Crippen LogP contribution < -0.4 is 5.32 Å². The van der Waals surface area contributed by atoms with Crippen molar-refractivity contribution in [3.05, 3.63) is 22.6 Å². The van der Waals surface area contributed by atoms with Crippen LogP contribution in [0, 0.1) is 5.41 Å². The van der Waals surface area contributed by atoms with Gasteiger partial charge in [-0.1, -0.05) is 20.8 Å². The van der Waals surface area contributed by atoms with E-state index in [2.05, 4.69) is 55.9 Å². The normalized spacial score (nSPS) is 16.4. The molecule has 0 saturated heterocycles. The van der Waals surface area contributed by atoms with Crippen LogP contribution in [0.5, 0.6) is 0 Å². The quantitative estimate of drug-likeness (QED) is 0.896. The molecule has 1 N–H and O–H groups in total. The summed E-state index contributed by atoms with van der Waals surface area (Å²) in [6, 6.07) is 2.59. The van der Waals surface area contributed by atoms with Gasteiger partial charge < -0.3 is 9.73 Å². The first-order valence-corrected chi connectivity index (χ1v) is 6.10. The molecule has 0 radical (unpaired) electrons. The summed E-state index contributed by atoms with van der Waals surface area (Å²) in [7, 11) is 0. The van der Waals surface area contributed by atoms with Crippen LogP contribution in [-0.4, -0.2) is 6.04 Å². The molecule has 2 nitrogen and oxygen atoms in total. The first-order chi connectivity index (χ1) is 6.82. The molecule has 1 rings (SSSR count). The molecule has 0 aliphatic rings. The topological polar surface area (TPSA) is 25.2 Å². The molecular formula is C12H20BrNO. The van der Waals surface area contributed by atoms with E-state index in [1.54, 1.807) is 6.26 Å². The summed E-state index contributed by atoms with van der Waals surface area (Å²) in [5.41, 5.74) is 0.257. The third kappa shape index (κ3) is 3.35. The Morgan fingerprint density at radius 2 is 1.93 bits per heavy atom. The van der Waals surface area contributed by atoms with Gasteiger partial charge >= 0.3 is 0 Å². The second kappa shape index (κ2) is 4.71. The molecule has 1 aromatic rings. The van der Waals surface area contributed by atoms with Crippen molar-refractivity contribution >= 4 is 15.9 Å². The maximum absolute atomic E-state index is 5.43. The monoisotopic (exact) mass is 273 g/mol. The Hall–Kier alpha value is -0.280. The van der Waals surface area contributed by atoms with Gasteiger partial charge in [-0.2, -0.15) is 0 Å². The smallest absolute Gasteiger partial charge is 0.134 e. The fourth-order valence-corrected chi connectivity index (χ4v) is 1.86. The highest BCUT2D eigenvalue weighted by Gasteiger charge is 2.23. The number of nitrogens with one attached hydrogen (secondary N) is 1. The van der Waals surface area contributed by atoms with Crippen molar-refractivity contribution in [2.45, 2.75) is 46.7 Å². The van der Waals surface area contributed by atoms with E-state index in [0.717, 1.165) is 10.2 Å². The van der Waals surface area contributed by atoms with E-state index in [-0.39, 0.29) is 11.5 Å². The van der Waals surface area contributed by atoms with Crippen molar-refractivity contribution in [1.82, 2.24) is 5.32 Å². The zero-order valence-electron chi connectivity index (χ0n) is 10.1. The zero-order chi connectivity index (χ0) is 11.6. The number of hydrogen-bond donors (Lipinski definition) is 1. The van der Waals surface area contributed by atoms with Crippen LogP contribution >= 0.6 is 15.9 Å². The van der Waals surface area contributed by atoms with Crippen molar-refractivity contribution in [2.75, 3.05) is 0 Å². The van der Waals surface area contributed by atoms with Crippen molar-refractivity contribution in [2.24, 2.45) is 5.41 Å². The van der Waals surface area contributed by atoms with Gasteiger partial charge in [0.05, 0.1) is 16.8 Å². The third-order valence-corrected chi connectivity index (χ3v) is 3.49. The van der Waals surface area contributed by atoms with Gasteiger partial charge in [0.2, 0.25) is 0 Å². The second-order valence-electron chi connectivity index (χ2n) is 5.11. The van der Waals surface area contributed by atoms with Crippen LogP contribution in [0.1, 0.15) is 46.4 Å². The molecule has 0 amide bonds. The molecule has 3 heteroatoms. The van der Waals surface area contributed by atoms with Crippen molar-refractivity contribution < 1.29 is 4.42 Å². The Morgan fingerprint density at radius 1 is 1.33 bits per heavy atom. The lowest BCUT2D eigenvalue weighted by Gasteiger charge is -2.30. The molecule has 15 heavy (non-hydrogen) atoms. The standard InChI is InChI=1S/C12H20BrNO/c1-8(11-10(13)6-7-15-11)14-9(2)12(3,4)5/h6-9,14H,1-5H3. The van der Waals surface area contributed by atoms with Crippen LogP contribution in [-0.2, 0) is 0 Å². The lowest BCUT2D eigenvalue weighted by molar-refractivity contribution is 0.256. The molecule has 2 atom stereocenters. The summed E-state index contributed by atoms with van der Waals surface area (Å²) in [4.78, 5) is 0. The first kappa shape index (κ1) is 12.8. The largest absolute Gasteiger partial charge is 0.466 e.